The molecule has 0 fully saturated rings. The second-order valence-electron chi connectivity index (χ2n) is 6.91. The molecule has 5 aliphatic carbocycles. The SMILES string of the molecule is O=C1C(=O)C(Nc2cc3ccc2CCc2ccc(cc2)CC3)=C(Cl)C(Cl)=C1Cl. The number of benzene rings is 2. The van der Waals surface area contributed by atoms with Gasteiger partial charge in [0.25, 0.3) is 5.78 Å². The van der Waals surface area contributed by atoms with E-state index in [1.807, 2.05) is 6.07 Å². The van der Waals surface area contributed by atoms with Crippen molar-refractivity contribution in [3.05, 3.63) is 85.5 Å². The molecule has 7 rings (SSSR count). The lowest BCUT2D eigenvalue weighted by Crippen LogP contribution is -2.26. The summed E-state index contributed by atoms with van der Waals surface area (Å²) in [4.78, 5) is 24.5. The molecule has 6 heteroatoms. The molecule has 0 radical (unpaired) electrons. The van der Waals surface area contributed by atoms with Crippen molar-refractivity contribution >= 4 is 52.1 Å². The van der Waals surface area contributed by atoms with Gasteiger partial charge < -0.3 is 5.32 Å². The van der Waals surface area contributed by atoms with Crippen LogP contribution in [0, 0.1) is 0 Å². The number of carbonyl (C=O) groups excluding carboxylic acids is 2. The van der Waals surface area contributed by atoms with Crippen molar-refractivity contribution < 1.29 is 9.59 Å². The maximum absolute atomic E-state index is 12.4. The summed E-state index contributed by atoms with van der Waals surface area (Å²) in [5, 5.41) is 2.57. The normalized spacial score (nSPS) is 17.1. The predicted molar refractivity (Wildman–Crippen MR) is 113 cm³/mol. The molecular weight excluding hydrogens is 417 g/mol. The summed E-state index contributed by atoms with van der Waals surface area (Å²) in [6, 6.07) is 14.8. The van der Waals surface area contributed by atoms with Crippen LogP contribution >= 0.6 is 34.8 Å². The Balaban J connectivity index is 1.73. The summed E-state index contributed by atoms with van der Waals surface area (Å²) in [5.74, 6) is -1.64. The van der Waals surface area contributed by atoms with Crippen molar-refractivity contribution in [3.63, 3.8) is 0 Å². The number of nitrogens with one attached hydrogen (secondary N) is 1. The lowest BCUT2D eigenvalue weighted by atomic mass is 9.95. The molecule has 2 aromatic rings. The molecule has 0 aromatic heterocycles. The minimum absolute atomic E-state index is 0.0325. The first-order chi connectivity index (χ1) is 13.4. The van der Waals surface area contributed by atoms with Gasteiger partial charge in [0, 0.05) is 5.69 Å². The second-order valence-corrected chi connectivity index (χ2v) is 8.04. The summed E-state index contributed by atoms with van der Waals surface area (Å²) in [7, 11) is 0. The first-order valence-corrected chi connectivity index (χ1v) is 10.1. The van der Waals surface area contributed by atoms with Gasteiger partial charge in [-0.25, -0.2) is 0 Å². The Labute approximate surface area is 178 Å². The maximum atomic E-state index is 12.4. The highest BCUT2D eigenvalue weighted by molar-refractivity contribution is 6.67. The molecule has 0 spiro atoms. The van der Waals surface area contributed by atoms with Crippen LogP contribution in [-0.2, 0) is 35.3 Å². The van der Waals surface area contributed by atoms with Crippen molar-refractivity contribution in [3.8, 4) is 0 Å². The van der Waals surface area contributed by atoms with E-state index >= 15 is 0 Å². The number of Topliss-reactive ketones (excluding diaryl/α,β-unsaturated/α-hetero) is 2. The molecule has 0 saturated carbocycles. The van der Waals surface area contributed by atoms with E-state index in [0.717, 1.165) is 42.5 Å². The van der Waals surface area contributed by atoms with E-state index in [1.165, 1.54) is 11.1 Å². The van der Waals surface area contributed by atoms with Gasteiger partial charge in [-0.1, -0.05) is 71.2 Å². The quantitative estimate of drug-likeness (QED) is 0.519. The molecule has 142 valence electrons. The number of allylic oxidation sites excluding steroid dienone is 4. The van der Waals surface area contributed by atoms with E-state index in [1.54, 1.807) is 0 Å². The standard InChI is InChI=1S/C22H16Cl3NO2/c23-17-18(24)20(22(28)21(27)19(17)25)26-16-11-14-6-5-12-1-3-13(4-2-12)7-9-15(16)10-8-14/h1-4,8,10-11,26H,5-7,9H2. The Bertz CT molecular complexity index is 1050. The molecule has 28 heavy (non-hydrogen) atoms. The molecule has 0 aliphatic heterocycles. The number of carbonyl (C=O) groups is 2. The number of hydrogen-bond donors (Lipinski definition) is 1. The minimum Gasteiger partial charge on any atom is -0.351 e. The van der Waals surface area contributed by atoms with E-state index in [0.29, 0.717) is 0 Å². The van der Waals surface area contributed by atoms with Gasteiger partial charge in [-0.2, -0.15) is 0 Å². The molecule has 0 amide bonds. The van der Waals surface area contributed by atoms with Crippen LogP contribution in [0.5, 0.6) is 0 Å². The summed E-state index contributed by atoms with van der Waals surface area (Å²) >= 11 is 18.1. The summed E-state index contributed by atoms with van der Waals surface area (Å²) < 4.78 is 0. The summed E-state index contributed by atoms with van der Waals surface area (Å²) in [5.41, 5.74) is 5.41. The second kappa shape index (κ2) is 7.75. The van der Waals surface area contributed by atoms with Crippen LogP contribution in [0.15, 0.2) is 63.3 Å². The Kier molecular flexibility index (Phi) is 5.33. The summed E-state index contributed by atoms with van der Waals surface area (Å²) in [6.45, 7) is 0. The van der Waals surface area contributed by atoms with Gasteiger partial charge in [0.1, 0.15) is 10.7 Å². The van der Waals surface area contributed by atoms with Crippen molar-refractivity contribution in [1.29, 1.82) is 0 Å². The molecule has 0 unspecified atom stereocenters. The maximum Gasteiger partial charge on any atom is 0.252 e. The molecule has 3 nitrogen and oxygen atoms in total. The zero-order chi connectivity index (χ0) is 19.8. The summed E-state index contributed by atoms with van der Waals surface area (Å²) in [6.07, 6.45) is 3.42. The zero-order valence-corrected chi connectivity index (χ0v) is 17.1. The van der Waals surface area contributed by atoms with Gasteiger partial charge in [0.15, 0.2) is 0 Å². The lowest BCUT2D eigenvalue weighted by Gasteiger charge is -2.20. The third kappa shape index (κ3) is 3.62. The topological polar surface area (TPSA) is 46.2 Å². The van der Waals surface area contributed by atoms with Gasteiger partial charge in [0.2, 0.25) is 5.78 Å². The third-order valence-corrected chi connectivity index (χ3v) is 6.39. The average Bonchev–Trinajstić information content (AvgIpc) is 2.70. The Morgan fingerprint density at radius 2 is 1.21 bits per heavy atom. The van der Waals surface area contributed by atoms with E-state index in [4.69, 9.17) is 34.8 Å². The van der Waals surface area contributed by atoms with Crippen LogP contribution in [0.4, 0.5) is 5.69 Å². The molecule has 2 aromatic carbocycles. The van der Waals surface area contributed by atoms with Crippen molar-refractivity contribution in [2.24, 2.45) is 0 Å². The number of hydrogen-bond acceptors (Lipinski definition) is 3. The number of halogens is 3. The highest BCUT2D eigenvalue weighted by Crippen LogP contribution is 2.35. The smallest absolute Gasteiger partial charge is 0.252 e. The highest BCUT2D eigenvalue weighted by atomic mass is 35.5. The van der Waals surface area contributed by atoms with Gasteiger partial charge in [-0.05, 0) is 54.0 Å². The molecule has 1 N–H and O–H groups in total. The van der Waals surface area contributed by atoms with Gasteiger partial charge >= 0.3 is 0 Å². The van der Waals surface area contributed by atoms with Crippen LogP contribution in [0.2, 0.25) is 0 Å². The van der Waals surface area contributed by atoms with Crippen molar-refractivity contribution in [2.75, 3.05) is 5.32 Å². The zero-order valence-electron chi connectivity index (χ0n) is 14.8. The number of rotatable bonds is 2. The third-order valence-electron chi connectivity index (χ3n) is 5.08. The van der Waals surface area contributed by atoms with Crippen molar-refractivity contribution in [1.82, 2.24) is 0 Å². The first kappa shape index (κ1) is 19.3. The van der Waals surface area contributed by atoms with Gasteiger partial charge in [-0.3, -0.25) is 9.59 Å². The molecule has 0 saturated heterocycles. The molecule has 5 aliphatic rings. The monoisotopic (exact) mass is 431 g/mol. The molecule has 4 bridgehead atoms. The van der Waals surface area contributed by atoms with Crippen LogP contribution in [0.1, 0.15) is 22.3 Å². The highest BCUT2D eigenvalue weighted by Gasteiger charge is 2.33. The van der Waals surface area contributed by atoms with E-state index in [2.05, 4.69) is 41.7 Å². The van der Waals surface area contributed by atoms with Crippen LogP contribution in [0.25, 0.3) is 0 Å². The van der Waals surface area contributed by atoms with Crippen molar-refractivity contribution in [2.45, 2.75) is 25.7 Å². The fourth-order valence-corrected chi connectivity index (χ4v) is 4.06. The Morgan fingerprint density at radius 3 is 1.89 bits per heavy atom. The van der Waals surface area contributed by atoms with Crippen LogP contribution in [0.3, 0.4) is 0 Å². The molecule has 0 atom stereocenters. The van der Waals surface area contributed by atoms with E-state index in [9.17, 15) is 9.59 Å². The van der Waals surface area contributed by atoms with Crippen LogP contribution in [-0.4, -0.2) is 11.6 Å². The van der Waals surface area contributed by atoms with Crippen LogP contribution < -0.4 is 5.32 Å². The van der Waals surface area contributed by atoms with E-state index in [-0.39, 0.29) is 20.8 Å². The largest absolute Gasteiger partial charge is 0.351 e. The molecule has 0 heterocycles. The Hall–Kier alpha value is -2.07. The lowest BCUT2D eigenvalue weighted by molar-refractivity contribution is -0.131. The molecular formula is C22H16Cl3NO2. The minimum atomic E-state index is -0.856. The van der Waals surface area contributed by atoms with Gasteiger partial charge in [0.05, 0.1) is 10.1 Å². The van der Waals surface area contributed by atoms with Gasteiger partial charge in [-0.15, -0.1) is 0 Å². The Morgan fingerprint density at radius 1 is 0.643 bits per heavy atom. The fourth-order valence-electron chi connectivity index (χ4n) is 3.42. The average molecular weight is 433 g/mol. The fraction of sp³-hybridized carbons (Fsp3) is 0.182. The predicted octanol–water partition coefficient (Wildman–Crippen LogP) is 5.27. The van der Waals surface area contributed by atoms with E-state index < -0.39 is 11.6 Å². The number of anilines is 1. The number of aryl methyl sites for hydroxylation is 4. The number of ketones is 2. The first-order valence-electron chi connectivity index (χ1n) is 8.95.